The van der Waals surface area contributed by atoms with Crippen molar-refractivity contribution in [1.82, 2.24) is 5.32 Å². The molecule has 128 valence electrons. The minimum absolute atomic E-state index is 0. The summed E-state index contributed by atoms with van der Waals surface area (Å²) in [5.74, 6) is 0.725. The average molecular weight is 337 g/mol. The second kappa shape index (κ2) is 8.16. The summed E-state index contributed by atoms with van der Waals surface area (Å²) in [5, 5.41) is 3.08. The van der Waals surface area contributed by atoms with Gasteiger partial charge in [-0.25, -0.2) is 0 Å². The third-order valence-electron chi connectivity index (χ3n) is 5.46. The maximum absolute atomic E-state index is 12.1. The largest absolute Gasteiger partial charge is 0.354 e. The molecular weight excluding hydrogens is 308 g/mol. The Balaban J connectivity index is 0.00000192. The summed E-state index contributed by atoms with van der Waals surface area (Å²) in [6, 6.07) is 8.66. The van der Waals surface area contributed by atoms with Crippen LogP contribution in [0, 0.1) is 0 Å². The zero-order valence-corrected chi connectivity index (χ0v) is 14.7. The molecule has 23 heavy (non-hydrogen) atoms. The zero-order valence-electron chi connectivity index (χ0n) is 13.9. The number of carbonyl (C=O) groups excluding carboxylic acids is 1. The number of aryl methyl sites for hydroxylation is 1. The molecule has 1 saturated carbocycles. The molecule has 0 saturated heterocycles. The van der Waals surface area contributed by atoms with Gasteiger partial charge in [-0.1, -0.05) is 43.5 Å². The fourth-order valence-corrected chi connectivity index (χ4v) is 4.05. The van der Waals surface area contributed by atoms with Crippen LogP contribution in [0.2, 0.25) is 0 Å². The fraction of sp³-hybridized carbons (Fsp3) is 0.632. The highest BCUT2D eigenvalue weighted by Gasteiger charge is 2.28. The first-order chi connectivity index (χ1) is 10.7. The summed E-state index contributed by atoms with van der Waals surface area (Å²) in [6.07, 6.45) is 9.70. The van der Waals surface area contributed by atoms with Gasteiger partial charge in [0.15, 0.2) is 0 Å². The summed E-state index contributed by atoms with van der Waals surface area (Å²) in [7, 11) is 0. The highest BCUT2D eigenvalue weighted by atomic mass is 35.5. The third kappa shape index (κ3) is 4.71. The SMILES string of the molecule is Cl.NC1(CNC(=O)CC[C@H]2CCc3ccccc32)CCCCC1. The predicted molar refractivity (Wildman–Crippen MR) is 97.0 cm³/mol. The molecule has 0 spiro atoms. The third-order valence-corrected chi connectivity index (χ3v) is 5.46. The molecule has 3 rings (SSSR count). The van der Waals surface area contributed by atoms with Crippen LogP contribution in [-0.4, -0.2) is 18.0 Å². The normalized spacial score (nSPS) is 22.0. The first-order valence-corrected chi connectivity index (χ1v) is 8.80. The van der Waals surface area contributed by atoms with Gasteiger partial charge in [-0.2, -0.15) is 0 Å². The summed E-state index contributed by atoms with van der Waals surface area (Å²) in [5.41, 5.74) is 9.14. The van der Waals surface area contributed by atoms with Crippen LogP contribution in [0.15, 0.2) is 24.3 Å². The molecule has 1 fully saturated rings. The van der Waals surface area contributed by atoms with Gasteiger partial charge in [-0.3, -0.25) is 4.79 Å². The Morgan fingerprint density at radius 3 is 2.74 bits per heavy atom. The zero-order chi connectivity index (χ0) is 15.4. The van der Waals surface area contributed by atoms with Crippen LogP contribution in [0.25, 0.3) is 0 Å². The smallest absolute Gasteiger partial charge is 0.220 e. The maximum Gasteiger partial charge on any atom is 0.220 e. The molecule has 3 N–H and O–H groups in total. The van der Waals surface area contributed by atoms with Crippen molar-refractivity contribution in [3.05, 3.63) is 35.4 Å². The van der Waals surface area contributed by atoms with Gasteiger partial charge in [0, 0.05) is 18.5 Å². The molecule has 0 heterocycles. The number of rotatable bonds is 5. The van der Waals surface area contributed by atoms with Gasteiger partial charge in [-0.05, 0) is 49.1 Å². The van der Waals surface area contributed by atoms with E-state index in [0.29, 0.717) is 18.9 Å². The molecule has 3 nitrogen and oxygen atoms in total. The first kappa shape index (κ1) is 18.3. The molecule has 2 aliphatic carbocycles. The van der Waals surface area contributed by atoms with E-state index in [0.717, 1.165) is 25.7 Å². The predicted octanol–water partition coefficient (Wildman–Crippen LogP) is 3.70. The van der Waals surface area contributed by atoms with Gasteiger partial charge < -0.3 is 11.1 Å². The minimum Gasteiger partial charge on any atom is -0.354 e. The first-order valence-electron chi connectivity index (χ1n) is 8.80. The second-order valence-corrected chi connectivity index (χ2v) is 7.17. The van der Waals surface area contributed by atoms with E-state index in [9.17, 15) is 4.79 Å². The van der Waals surface area contributed by atoms with Crippen LogP contribution in [0.3, 0.4) is 0 Å². The quantitative estimate of drug-likeness (QED) is 0.861. The van der Waals surface area contributed by atoms with Crippen molar-refractivity contribution in [3.63, 3.8) is 0 Å². The van der Waals surface area contributed by atoms with Crippen LogP contribution in [0.1, 0.15) is 68.4 Å². The van der Waals surface area contributed by atoms with Crippen LogP contribution in [-0.2, 0) is 11.2 Å². The molecule has 1 atom stereocenters. The lowest BCUT2D eigenvalue weighted by Gasteiger charge is -2.33. The molecular formula is C19H29ClN2O. The second-order valence-electron chi connectivity index (χ2n) is 7.17. The van der Waals surface area contributed by atoms with Crippen molar-refractivity contribution in [2.75, 3.05) is 6.54 Å². The van der Waals surface area contributed by atoms with Crippen LogP contribution < -0.4 is 11.1 Å². The molecule has 0 radical (unpaired) electrons. The molecule has 0 aromatic heterocycles. The van der Waals surface area contributed by atoms with Gasteiger partial charge in [0.2, 0.25) is 5.91 Å². The standard InChI is InChI=1S/C19H28N2O.ClH/c20-19(12-4-1-5-13-19)14-21-18(22)11-10-16-9-8-15-6-2-3-7-17(15)16;/h2-3,6-7,16H,1,4-5,8-14,20H2,(H,21,22);1H/t16-;/m1./s1. The Morgan fingerprint density at radius 1 is 1.22 bits per heavy atom. The monoisotopic (exact) mass is 336 g/mol. The Morgan fingerprint density at radius 2 is 1.96 bits per heavy atom. The number of hydrogen-bond donors (Lipinski definition) is 2. The Labute approximate surface area is 145 Å². The van der Waals surface area contributed by atoms with Crippen molar-refractivity contribution >= 4 is 18.3 Å². The molecule has 0 bridgehead atoms. The summed E-state index contributed by atoms with van der Waals surface area (Å²) >= 11 is 0. The van der Waals surface area contributed by atoms with E-state index in [2.05, 4.69) is 29.6 Å². The summed E-state index contributed by atoms with van der Waals surface area (Å²) in [4.78, 5) is 12.1. The Kier molecular flexibility index (Phi) is 6.49. The maximum atomic E-state index is 12.1. The van der Waals surface area contributed by atoms with Crippen LogP contribution in [0.4, 0.5) is 0 Å². The number of hydrogen-bond acceptors (Lipinski definition) is 2. The summed E-state index contributed by atoms with van der Waals surface area (Å²) < 4.78 is 0. The minimum atomic E-state index is -0.159. The molecule has 2 aliphatic rings. The lowest BCUT2D eigenvalue weighted by molar-refractivity contribution is -0.121. The van der Waals surface area contributed by atoms with Crippen LogP contribution in [0.5, 0.6) is 0 Å². The van der Waals surface area contributed by atoms with Gasteiger partial charge in [0.05, 0.1) is 0 Å². The van der Waals surface area contributed by atoms with Gasteiger partial charge in [0.25, 0.3) is 0 Å². The average Bonchev–Trinajstić information content (AvgIpc) is 2.95. The Bertz CT molecular complexity index is 526. The number of nitrogens with one attached hydrogen (secondary N) is 1. The molecule has 4 heteroatoms. The topological polar surface area (TPSA) is 55.1 Å². The van der Waals surface area contributed by atoms with E-state index in [1.807, 2.05) is 0 Å². The molecule has 1 aromatic carbocycles. The summed E-state index contributed by atoms with van der Waals surface area (Å²) in [6.45, 7) is 0.646. The van der Waals surface area contributed by atoms with Gasteiger partial charge in [0.1, 0.15) is 0 Å². The van der Waals surface area contributed by atoms with E-state index >= 15 is 0 Å². The number of fused-ring (bicyclic) bond motifs is 1. The van der Waals surface area contributed by atoms with E-state index < -0.39 is 0 Å². The number of nitrogens with two attached hydrogens (primary N) is 1. The van der Waals surface area contributed by atoms with E-state index in [1.165, 1.54) is 36.8 Å². The fourth-order valence-electron chi connectivity index (χ4n) is 4.05. The number of benzene rings is 1. The van der Waals surface area contributed by atoms with Crippen LogP contribution >= 0.6 is 12.4 Å². The van der Waals surface area contributed by atoms with Crippen molar-refractivity contribution in [2.45, 2.75) is 69.2 Å². The Hall–Kier alpha value is -1.06. The van der Waals surface area contributed by atoms with Crippen molar-refractivity contribution < 1.29 is 4.79 Å². The van der Waals surface area contributed by atoms with E-state index in [-0.39, 0.29) is 23.9 Å². The van der Waals surface area contributed by atoms with Crippen molar-refractivity contribution in [3.8, 4) is 0 Å². The lowest BCUT2D eigenvalue weighted by Crippen LogP contribution is -2.51. The number of amides is 1. The molecule has 0 unspecified atom stereocenters. The van der Waals surface area contributed by atoms with Gasteiger partial charge in [-0.15, -0.1) is 12.4 Å². The van der Waals surface area contributed by atoms with Crippen molar-refractivity contribution in [2.24, 2.45) is 5.73 Å². The van der Waals surface area contributed by atoms with E-state index in [4.69, 9.17) is 5.73 Å². The number of halogens is 1. The molecule has 1 aromatic rings. The lowest BCUT2D eigenvalue weighted by atomic mass is 9.82. The van der Waals surface area contributed by atoms with Crippen molar-refractivity contribution in [1.29, 1.82) is 0 Å². The van der Waals surface area contributed by atoms with Gasteiger partial charge >= 0.3 is 0 Å². The van der Waals surface area contributed by atoms with E-state index in [1.54, 1.807) is 0 Å². The molecule has 0 aliphatic heterocycles. The molecule has 1 amide bonds. The highest BCUT2D eigenvalue weighted by Crippen LogP contribution is 2.35. The highest BCUT2D eigenvalue weighted by molar-refractivity contribution is 5.85. The number of carbonyl (C=O) groups is 1.